The van der Waals surface area contributed by atoms with Crippen LogP contribution in [0.15, 0.2) is 4.90 Å². The molecule has 5 aliphatic rings. The standard InChI is InChI=1S/C22H32N4O2S/c1-10-29-18-17(1)25-20(24-14-16-12-22(16)4-8-28-9-5-22)26-19(18)23-13-15-11-21(15)2-6-27-7-3-21/h15-16H,1-14H2,(H2,23,24,25,26). The summed E-state index contributed by atoms with van der Waals surface area (Å²) in [6.45, 7) is 5.79. The number of ether oxygens (including phenoxy) is 2. The Balaban J connectivity index is 1.09. The molecule has 7 heteroatoms. The van der Waals surface area contributed by atoms with Crippen molar-refractivity contribution < 1.29 is 9.47 Å². The lowest BCUT2D eigenvalue weighted by Crippen LogP contribution is -2.22. The maximum Gasteiger partial charge on any atom is 0.224 e. The van der Waals surface area contributed by atoms with Crippen molar-refractivity contribution >= 4 is 23.5 Å². The van der Waals surface area contributed by atoms with E-state index in [4.69, 9.17) is 19.4 Å². The highest BCUT2D eigenvalue weighted by atomic mass is 32.2. The van der Waals surface area contributed by atoms with E-state index in [-0.39, 0.29) is 0 Å². The molecule has 158 valence electrons. The summed E-state index contributed by atoms with van der Waals surface area (Å²) in [5.41, 5.74) is 2.32. The molecule has 6 nitrogen and oxygen atoms in total. The van der Waals surface area contributed by atoms with Gasteiger partial charge in [-0.25, -0.2) is 4.98 Å². The molecule has 4 heterocycles. The number of thioether (sulfide) groups is 1. The summed E-state index contributed by atoms with van der Waals surface area (Å²) in [4.78, 5) is 11.0. The highest BCUT2D eigenvalue weighted by molar-refractivity contribution is 7.99. The van der Waals surface area contributed by atoms with Gasteiger partial charge in [-0.05, 0) is 61.2 Å². The lowest BCUT2D eigenvalue weighted by molar-refractivity contribution is 0.0526. The van der Waals surface area contributed by atoms with E-state index >= 15 is 0 Å². The number of fused-ring (bicyclic) bond motifs is 1. The summed E-state index contributed by atoms with van der Waals surface area (Å²) in [5.74, 6) is 4.54. The molecule has 1 aromatic rings. The Morgan fingerprint density at radius 1 is 0.862 bits per heavy atom. The van der Waals surface area contributed by atoms with Crippen molar-refractivity contribution in [2.75, 3.05) is 55.9 Å². The maximum absolute atomic E-state index is 5.57. The molecular formula is C22H32N4O2S. The van der Waals surface area contributed by atoms with E-state index in [1.165, 1.54) is 49.1 Å². The summed E-state index contributed by atoms with van der Waals surface area (Å²) in [6, 6.07) is 0. The molecule has 4 fully saturated rings. The Morgan fingerprint density at radius 2 is 1.48 bits per heavy atom. The Kier molecular flexibility index (Phi) is 4.69. The van der Waals surface area contributed by atoms with E-state index in [0.717, 1.165) is 75.3 Å². The van der Waals surface area contributed by atoms with Crippen LogP contribution >= 0.6 is 11.8 Å². The van der Waals surface area contributed by atoms with Crippen molar-refractivity contribution in [3.8, 4) is 0 Å². The second-order valence-corrected chi connectivity index (χ2v) is 10.9. The lowest BCUT2D eigenvalue weighted by atomic mass is 9.94. The fourth-order valence-electron chi connectivity index (χ4n) is 5.92. The quantitative estimate of drug-likeness (QED) is 0.735. The second-order valence-electron chi connectivity index (χ2n) is 9.78. The maximum atomic E-state index is 5.57. The average molecular weight is 417 g/mol. The van der Waals surface area contributed by atoms with Gasteiger partial charge in [-0.2, -0.15) is 4.98 Å². The summed E-state index contributed by atoms with van der Waals surface area (Å²) in [5, 5.41) is 7.29. The first-order chi connectivity index (χ1) is 14.3. The van der Waals surface area contributed by atoms with E-state index in [0.29, 0.717) is 10.8 Å². The molecule has 2 saturated carbocycles. The first kappa shape index (κ1) is 18.7. The van der Waals surface area contributed by atoms with Crippen LogP contribution in [0.25, 0.3) is 0 Å². The van der Waals surface area contributed by atoms with Gasteiger partial charge in [-0.15, -0.1) is 11.8 Å². The Bertz CT molecular complexity index is 776. The molecule has 2 atom stereocenters. The summed E-state index contributed by atoms with van der Waals surface area (Å²) >= 11 is 1.91. The van der Waals surface area contributed by atoms with Crippen molar-refractivity contribution in [2.45, 2.75) is 49.8 Å². The second kappa shape index (κ2) is 7.27. The van der Waals surface area contributed by atoms with Gasteiger partial charge in [0.05, 0.1) is 10.6 Å². The van der Waals surface area contributed by atoms with Gasteiger partial charge in [0.15, 0.2) is 0 Å². The van der Waals surface area contributed by atoms with Crippen LogP contribution in [0.5, 0.6) is 0 Å². The first-order valence-electron chi connectivity index (χ1n) is 11.4. The summed E-state index contributed by atoms with van der Waals surface area (Å²) < 4.78 is 11.1. The van der Waals surface area contributed by atoms with Gasteiger partial charge in [-0.1, -0.05) is 0 Å². The number of nitrogens with one attached hydrogen (secondary N) is 2. The number of hydrogen-bond acceptors (Lipinski definition) is 7. The number of hydrogen-bond donors (Lipinski definition) is 2. The van der Waals surface area contributed by atoms with Crippen LogP contribution in [-0.2, 0) is 15.9 Å². The molecule has 3 aliphatic heterocycles. The molecule has 2 unspecified atom stereocenters. The largest absolute Gasteiger partial charge is 0.381 e. The third-order valence-electron chi connectivity index (χ3n) is 8.24. The number of aromatic nitrogens is 2. The molecule has 1 aromatic heterocycles. The molecule has 2 N–H and O–H groups in total. The highest BCUT2D eigenvalue weighted by Crippen LogP contribution is 2.59. The van der Waals surface area contributed by atoms with E-state index in [1.807, 2.05) is 11.8 Å². The molecule has 0 aromatic carbocycles. The third kappa shape index (κ3) is 3.53. The number of aryl methyl sites for hydroxylation is 1. The van der Waals surface area contributed by atoms with Gasteiger partial charge in [0.2, 0.25) is 5.95 Å². The molecule has 2 spiro atoms. The van der Waals surface area contributed by atoms with Crippen molar-refractivity contribution in [1.29, 1.82) is 0 Å². The minimum absolute atomic E-state index is 0.545. The fraction of sp³-hybridized carbons (Fsp3) is 0.818. The number of anilines is 2. The van der Waals surface area contributed by atoms with Gasteiger partial charge in [0, 0.05) is 51.7 Å². The average Bonchev–Trinajstić information content (AvgIpc) is 3.53. The van der Waals surface area contributed by atoms with Crippen LogP contribution in [0.2, 0.25) is 0 Å². The van der Waals surface area contributed by atoms with E-state index < -0.39 is 0 Å². The first-order valence-corrected chi connectivity index (χ1v) is 12.4. The van der Waals surface area contributed by atoms with Gasteiger partial charge in [0.25, 0.3) is 0 Å². The lowest BCUT2D eigenvalue weighted by Gasteiger charge is -2.23. The zero-order valence-electron chi connectivity index (χ0n) is 17.2. The van der Waals surface area contributed by atoms with Crippen LogP contribution in [-0.4, -0.2) is 55.2 Å². The van der Waals surface area contributed by atoms with E-state index in [2.05, 4.69) is 10.6 Å². The number of rotatable bonds is 6. The topological polar surface area (TPSA) is 68.3 Å². The normalized spacial score (nSPS) is 30.9. The molecular weight excluding hydrogens is 384 g/mol. The van der Waals surface area contributed by atoms with Crippen LogP contribution in [0.3, 0.4) is 0 Å². The third-order valence-corrected chi connectivity index (χ3v) is 9.36. The minimum atomic E-state index is 0.545. The predicted octanol–water partition coefficient (Wildman–Crippen LogP) is 3.58. The zero-order chi connectivity index (χ0) is 19.3. The Labute approximate surface area is 177 Å². The molecule has 0 radical (unpaired) electrons. The fourth-order valence-corrected chi connectivity index (χ4v) is 6.99. The van der Waals surface area contributed by atoms with Crippen LogP contribution < -0.4 is 10.6 Å². The number of nitrogens with zero attached hydrogens (tertiary/aromatic N) is 2. The van der Waals surface area contributed by atoms with Gasteiger partial charge in [-0.3, -0.25) is 0 Å². The summed E-state index contributed by atoms with van der Waals surface area (Å²) in [7, 11) is 0. The van der Waals surface area contributed by atoms with Crippen molar-refractivity contribution in [1.82, 2.24) is 9.97 Å². The van der Waals surface area contributed by atoms with Crippen molar-refractivity contribution in [3.63, 3.8) is 0 Å². The van der Waals surface area contributed by atoms with Crippen LogP contribution in [0, 0.1) is 22.7 Å². The Morgan fingerprint density at radius 3 is 2.14 bits per heavy atom. The highest BCUT2D eigenvalue weighted by Gasteiger charge is 2.54. The van der Waals surface area contributed by atoms with E-state index in [9.17, 15) is 0 Å². The van der Waals surface area contributed by atoms with Gasteiger partial charge >= 0.3 is 0 Å². The monoisotopic (exact) mass is 416 g/mol. The smallest absolute Gasteiger partial charge is 0.224 e. The minimum Gasteiger partial charge on any atom is -0.381 e. The molecule has 2 aliphatic carbocycles. The van der Waals surface area contributed by atoms with Gasteiger partial charge < -0.3 is 20.1 Å². The zero-order valence-corrected chi connectivity index (χ0v) is 18.0. The molecule has 29 heavy (non-hydrogen) atoms. The molecule has 0 amide bonds. The molecule has 2 saturated heterocycles. The van der Waals surface area contributed by atoms with Crippen LogP contribution in [0.4, 0.5) is 11.8 Å². The van der Waals surface area contributed by atoms with Crippen molar-refractivity contribution in [3.05, 3.63) is 5.69 Å². The summed E-state index contributed by atoms with van der Waals surface area (Å²) in [6.07, 6.45) is 8.66. The van der Waals surface area contributed by atoms with Crippen LogP contribution in [0.1, 0.15) is 44.2 Å². The SMILES string of the molecule is C1CC2(CCO1)CC2CNc1nc2c(c(NCC3CC34CCOCC4)n1)SCC2. The van der Waals surface area contributed by atoms with E-state index in [1.54, 1.807) is 0 Å². The Hall–Kier alpha value is -1.05. The van der Waals surface area contributed by atoms with Crippen molar-refractivity contribution in [2.24, 2.45) is 22.7 Å². The molecule has 6 rings (SSSR count). The van der Waals surface area contributed by atoms with Gasteiger partial charge in [0.1, 0.15) is 5.82 Å². The molecule has 0 bridgehead atoms. The predicted molar refractivity (Wildman–Crippen MR) is 115 cm³/mol.